The topological polar surface area (TPSA) is 101 Å². The zero-order valence-corrected chi connectivity index (χ0v) is 17.0. The molecule has 1 unspecified atom stereocenters. The highest BCUT2D eigenvalue weighted by Crippen LogP contribution is 2.34. The van der Waals surface area contributed by atoms with Crippen LogP contribution in [-0.4, -0.2) is 51.4 Å². The molecule has 0 spiro atoms. The summed E-state index contributed by atoms with van der Waals surface area (Å²) >= 11 is 1.34. The van der Waals surface area contributed by atoms with Crippen LogP contribution in [0.15, 0.2) is 47.5 Å². The van der Waals surface area contributed by atoms with Crippen molar-refractivity contribution in [3.63, 3.8) is 0 Å². The minimum Gasteiger partial charge on any atom is -0.487 e. The first-order valence-corrected chi connectivity index (χ1v) is 10.6. The van der Waals surface area contributed by atoms with E-state index in [9.17, 15) is 19.1 Å². The number of carboxylic acids is 1. The molecule has 1 aromatic heterocycles. The summed E-state index contributed by atoms with van der Waals surface area (Å²) in [5.74, 6) is -0.176. The summed E-state index contributed by atoms with van der Waals surface area (Å²) in [7, 11) is 0. The summed E-state index contributed by atoms with van der Waals surface area (Å²) in [5, 5.41) is 11.3. The summed E-state index contributed by atoms with van der Waals surface area (Å²) < 4.78 is 24.5. The molecule has 0 aliphatic carbocycles. The van der Waals surface area contributed by atoms with Crippen LogP contribution in [0, 0.1) is 5.82 Å². The van der Waals surface area contributed by atoms with Crippen molar-refractivity contribution in [1.82, 2.24) is 4.98 Å². The van der Waals surface area contributed by atoms with Crippen LogP contribution in [0.3, 0.4) is 0 Å². The number of aliphatic carboxylic acids is 1. The Morgan fingerprint density at radius 2 is 2.16 bits per heavy atom. The third-order valence-corrected chi connectivity index (χ3v) is 6.48. The fourth-order valence-corrected chi connectivity index (χ4v) is 4.81. The quantitative estimate of drug-likeness (QED) is 0.609. The first-order chi connectivity index (χ1) is 14.9. The van der Waals surface area contributed by atoms with Gasteiger partial charge in [0.05, 0.1) is 5.56 Å². The second kappa shape index (κ2) is 7.42. The van der Waals surface area contributed by atoms with E-state index in [1.807, 2.05) is 6.07 Å². The van der Waals surface area contributed by atoms with Gasteiger partial charge in [0.15, 0.2) is 12.1 Å². The number of aromatic amines is 1. The Morgan fingerprint density at radius 3 is 3.00 bits per heavy atom. The Morgan fingerprint density at radius 1 is 1.29 bits per heavy atom. The number of nitrogens with zero attached hydrogens (tertiary/aromatic N) is 1. The lowest BCUT2D eigenvalue weighted by Crippen LogP contribution is -2.39. The molecular formula is C22H17FN2O5S. The van der Waals surface area contributed by atoms with Gasteiger partial charge in [-0.3, -0.25) is 9.79 Å². The maximum Gasteiger partial charge on any atom is 0.332 e. The molecule has 9 heteroatoms. The van der Waals surface area contributed by atoms with E-state index < -0.39 is 11.5 Å². The number of carbonyl (C=O) groups is 2. The van der Waals surface area contributed by atoms with Gasteiger partial charge in [0, 0.05) is 29.5 Å². The van der Waals surface area contributed by atoms with Crippen LogP contribution in [-0.2, 0) is 11.2 Å². The number of benzene rings is 2. The summed E-state index contributed by atoms with van der Waals surface area (Å²) in [6, 6.07) is 11.2. The predicted molar refractivity (Wildman–Crippen MR) is 114 cm³/mol. The fraction of sp³-hybridized carbons (Fsp3) is 0.227. The highest BCUT2D eigenvalue weighted by Gasteiger charge is 2.43. The lowest BCUT2D eigenvalue weighted by molar-refractivity contribution is -0.142. The number of halogens is 1. The number of nitrogens with one attached hydrogen (secondary N) is 1. The number of carbonyl (C=O) groups excluding carboxylic acids is 1. The molecule has 0 amide bonds. The van der Waals surface area contributed by atoms with E-state index in [0.717, 1.165) is 5.39 Å². The highest BCUT2D eigenvalue weighted by molar-refractivity contribution is 8.14. The van der Waals surface area contributed by atoms with Crippen molar-refractivity contribution in [2.75, 3.05) is 19.0 Å². The molecule has 2 aromatic carbocycles. The summed E-state index contributed by atoms with van der Waals surface area (Å²) in [6.07, 6.45) is 0.157. The minimum atomic E-state index is -1.32. The third kappa shape index (κ3) is 3.65. The Bertz CT molecular complexity index is 1250. The summed E-state index contributed by atoms with van der Waals surface area (Å²) in [4.78, 5) is 31.3. The van der Waals surface area contributed by atoms with Gasteiger partial charge in [-0.15, -0.1) is 11.8 Å². The lowest BCUT2D eigenvalue weighted by Gasteiger charge is -2.19. The number of aromatic nitrogens is 1. The molecule has 0 bridgehead atoms. The lowest BCUT2D eigenvalue weighted by atomic mass is 9.96. The van der Waals surface area contributed by atoms with E-state index >= 15 is 0 Å². The highest BCUT2D eigenvalue weighted by atomic mass is 32.2. The van der Waals surface area contributed by atoms with E-state index in [1.54, 1.807) is 24.3 Å². The van der Waals surface area contributed by atoms with Crippen LogP contribution < -0.4 is 9.47 Å². The molecule has 7 nitrogen and oxygen atoms in total. The molecule has 2 aliphatic heterocycles. The van der Waals surface area contributed by atoms with Crippen LogP contribution in [0.1, 0.15) is 16.1 Å². The maximum absolute atomic E-state index is 13.4. The van der Waals surface area contributed by atoms with Crippen LogP contribution in [0.5, 0.6) is 11.5 Å². The van der Waals surface area contributed by atoms with Gasteiger partial charge in [0.2, 0.25) is 5.78 Å². The molecule has 0 fully saturated rings. The van der Waals surface area contributed by atoms with Crippen LogP contribution in [0.25, 0.3) is 10.9 Å². The molecule has 2 N–H and O–H groups in total. The van der Waals surface area contributed by atoms with Gasteiger partial charge in [-0.1, -0.05) is 0 Å². The Kier molecular flexibility index (Phi) is 4.70. The number of ether oxygens (including phenoxy) is 2. The van der Waals surface area contributed by atoms with Crippen LogP contribution in [0.2, 0.25) is 0 Å². The largest absolute Gasteiger partial charge is 0.487 e. The number of Topliss-reactive ketones (excluding diaryl/α,β-unsaturated/α-hetero) is 1. The molecule has 3 aromatic rings. The number of fused-ring (bicyclic) bond motifs is 2. The Hall–Kier alpha value is -3.33. The molecule has 0 saturated carbocycles. The van der Waals surface area contributed by atoms with E-state index in [1.165, 1.54) is 23.9 Å². The smallest absolute Gasteiger partial charge is 0.332 e. The first kappa shape index (κ1) is 19.6. The average molecular weight is 440 g/mol. The van der Waals surface area contributed by atoms with Crippen molar-refractivity contribution in [3.05, 3.63) is 59.5 Å². The van der Waals surface area contributed by atoms with Gasteiger partial charge in [-0.25, -0.2) is 9.18 Å². The molecule has 3 heterocycles. The SMILES string of the molecule is O=C1COc2cc(OCC3=NC(Cc4cc5ccc(F)cc5[nH]4)(C(=O)O)CS3)ccc21. The minimum absolute atomic E-state index is 0.0306. The Balaban J connectivity index is 1.32. The number of thioether (sulfide) groups is 1. The van der Waals surface area contributed by atoms with Crippen molar-refractivity contribution < 1.29 is 28.6 Å². The maximum atomic E-state index is 13.4. The van der Waals surface area contributed by atoms with Gasteiger partial charge in [0.25, 0.3) is 0 Å². The van der Waals surface area contributed by atoms with Crippen molar-refractivity contribution in [2.45, 2.75) is 12.0 Å². The average Bonchev–Trinajstić information content (AvgIpc) is 3.44. The number of hydrogen-bond acceptors (Lipinski definition) is 6. The van der Waals surface area contributed by atoms with E-state index in [-0.39, 0.29) is 37.0 Å². The Labute approximate surface area is 180 Å². The number of H-pyrrole nitrogens is 1. The van der Waals surface area contributed by atoms with Gasteiger partial charge >= 0.3 is 5.97 Å². The van der Waals surface area contributed by atoms with Gasteiger partial charge in [0.1, 0.15) is 29.0 Å². The third-order valence-electron chi connectivity index (χ3n) is 5.31. The van der Waals surface area contributed by atoms with E-state index in [0.29, 0.717) is 33.3 Å². The zero-order valence-electron chi connectivity index (χ0n) is 16.2. The number of rotatable bonds is 6. The molecule has 1 atom stereocenters. The van der Waals surface area contributed by atoms with E-state index in [4.69, 9.17) is 9.47 Å². The van der Waals surface area contributed by atoms with Gasteiger partial charge < -0.3 is 19.6 Å². The molecule has 0 saturated heterocycles. The number of carboxylic acid groups (broad SMARTS) is 1. The molecule has 2 aliphatic rings. The van der Waals surface area contributed by atoms with E-state index in [2.05, 4.69) is 9.98 Å². The van der Waals surface area contributed by atoms with Crippen molar-refractivity contribution in [1.29, 1.82) is 0 Å². The fourth-order valence-electron chi connectivity index (χ4n) is 3.73. The van der Waals surface area contributed by atoms with Crippen molar-refractivity contribution in [2.24, 2.45) is 4.99 Å². The number of aliphatic imine (C=N–C) groups is 1. The normalized spacial score (nSPS) is 19.9. The molecule has 5 rings (SSSR count). The predicted octanol–water partition coefficient (Wildman–Crippen LogP) is 3.47. The van der Waals surface area contributed by atoms with Crippen LogP contribution >= 0.6 is 11.8 Å². The monoisotopic (exact) mass is 440 g/mol. The second-order valence-corrected chi connectivity index (χ2v) is 8.54. The molecule has 0 radical (unpaired) electrons. The van der Waals surface area contributed by atoms with Gasteiger partial charge in [-0.05, 0) is 41.8 Å². The molecule has 158 valence electrons. The summed E-state index contributed by atoms with van der Waals surface area (Å²) in [5.41, 5.74) is 0.500. The second-order valence-electron chi connectivity index (χ2n) is 7.49. The molecule has 31 heavy (non-hydrogen) atoms. The standard InChI is InChI=1S/C22H17FN2O5S/c23-13-2-1-12-5-14(24-17(12)6-13)8-22(21(27)28)11-31-20(25-22)10-29-15-3-4-16-18(26)9-30-19(16)7-15/h1-7,24H,8-11H2,(H,27,28). The zero-order chi connectivity index (χ0) is 21.6. The number of ketones is 1. The summed E-state index contributed by atoms with van der Waals surface area (Å²) in [6.45, 7) is 0.146. The van der Waals surface area contributed by atoms with Gasteiger partial charge in [-0.2, -0.15) is 0 Å². The number of hydrogen-bond donors (Lipinski definition) is 2. The van der Waals surface area contributed by atoms with Crippen molar-refractivity contribution in [3.8, 4) is 11.5 Å². The first-order valence-electron chi connectivity index (χ1n) is 9.57. The van der Waals surface area contributed by atoms with Crippen molar-refractivity contribution >= 4 is 39.5 Å². The van der Waals surface area contributed by atoms with Crippen LogP contribution in [0.4, 0.5) is 4.39 Å². The molecular weight excluding hydrogens is 423 g/mol.